The fraction of sp³-hybridized carbons (Fsp3) is 0.622. The number of thiophene rings is 1. The van der Waals surface area contributed by atoms with Crippen LogP contribution in [-0.4, -0.2) is 83.5 Å². The lowest BCUT2D eigenvalue weighted by atomic mass is 9.88. The van der Waals surface area contributed by atoms with E-state index in [1.807, 2.05) is 4.90 Å². The Kier molecular flexibility index (Phi) is 9.62. The number of urea groups is 1. The van der Waals surface area contributed by atoms with Gasteiger partial charge in [-0.1, -0.05) is 24.1 Å². The van der Waals surface area contributed by atoms with Gasteiger partial charge >= 0.3 is 6.03 Å². The van der Waals surface area contributed by atoms with Gasteiger partial charge in [0.1, 0.15) is 4.83 Å². The zero-order valence-corrected chi connectivity index (χ0v) is 29.0. The molecule has 1 aromatic carbocycles. The third kappa shape index (κ3) is 6.83. The van der Waals surface area contributed by atoms with E-state index in [1.165, 1.54) is 38.2 Å². The topological polar surface area (TPSA) is 71.7 Å². The molecule has 0 bridgehead atoms. The van der Waals surface area contributed by atoms with Crippen molar-refractivity contribution in [1.29, 1.82) is 0 Å². The van der Waals surface area contributed by atoms with E-state index in [0.29, 0.717) is 12.0 Å². The maximum absolute atomic E-state index is 13.9. The molecule has 3 aliphatic heterocycles. The first-order chi connectivity index (χ1) is 21.6. The molecule has 3 amide bonds. The Morgan fingerprint density at radius 2 is 1.67 bits per heavy atom. The molecule has 3 aromatic rings. The average molecular weight is 632 g/mol. The van der Waals surface area contributed by atoms with Crippen LogP contribution in [0.5, 0.6) is 0 Å². The van der Waals surface area contributed by atoms with Gasteiger partial charge in [-0.15, -0.1) is 11.3 Å². The molecule has 3 saturated heterocycles. The molecule has 5 heterocycles. The molecule has 3 aliphatic rings. The molecule has 7 nitrogen and oxygen atoms in total. The molecule has 1 atom stereocenters. The van der Waals surface area contributed by atoms with E-state index in [0.717, 1.165) is 102 Å². The molecule has 2 N–H and O–H groups in total. The summed E-state index contributed by atoms with van der Waals surface area (Å²) < 4.78 is 0. The quantitative estimate of drug-likeness (QED) is 0.261. The Labute approximate surface area is 273 Å². The number of likely N-dealkylation sites (tertiary alicyclic amines) is 3. The third-order valence-corrected chi connectivity index (χ3v) is 12.1. The summed E-state index contributed by atoms with van der Waals surface area (Å²) in [6, 6.07) is 9.64. The van der Waals surface area contributed by atoms with Crippen molar-refractivity contribution in [1.82, 2.24) is 25.0 Å². The fourth-order valence-electron chi connectivity index (χ4n) is 7.90. The minimum Gasteiger partial charge on any atom is -0.346 e. The zero-order chi connectivity index (χ0) is 31.7. The molecule has 0 spiro atoms. The monoisotopic (exact) mass is 631 g/mol. The van der Waals surface area contributed by atoms with Crippen LogP contribution >= 0.6 is 11.3 Å². The largest absolute Gasteiger partial charge is 0.346 e. The van der Waals surface area contributed by atoms with E-state index >= 15 is 0 Å². The highest BCUT2D eigenvalue weighted by molar-refractivity contribution is 7.19. The Morgan fingerprint density at radius 3 is 2.36 bits per heavy atom. The highest BCUT2D eigenvalue weighted by Crippen LogP contribution is 2.42. The van der Waals surface area contributed by atoms with Crippen LogP contribution in [0.2, 0.25) is 0 Å². The fourth-order valence-corrected chi connectivity index (χ4v) is 9.09. The number of hydrogen-bond donors (Lipinski definition) is 2. The number of amides is 3. The van der Waals surface area contributed by atoms with E-state index in [9.17, 15) is 9.59 Å². The highest BCUT2D eigenvalue weighted by Gasteiger charge is 2.40. The van der Waals surface area contributed by atoms with Crippen LogP contribution in [0.4, 0.5) is 4.79 Å². The van der Waals surface area contributed by atoms with Crippen molar-refractivity contribution in [3.8, 4) is 11.3 Å². The van der Waals surface area contributed by atoms with Gasteiger partial charge in [-0.05, 0) is 127 Å². The van der Waals surface area contributed by atoms with Crippen molar-refractivity contribution in [3.63, 3.8) is 0 Å². The number of piperidine rings is 1. The number of aromatic amines is 1. The second-order valence-corrected chi connectivity index (χ2v) is 15.5. The first-order valence-electron chi connectivity index (χ1n) is 17.4. The van der Waals surface area contributed by atoms with Gasteiger partial charge in [0.15, 0.2) is 0 Å². The van der Waals surface area contributed by atoms with Crippen molar-refractivity contribution < 1.29 is 9.59 Å². The number of benzene rings is 1. The molecule has 0 radical (unpaired) electrons. The minimum absolute atomic E-state index is 0.121. The summed E-state index contributed by atoms with van der Waals surface area (Å²) in [4.78, 5) is 39.2. The minimum atomic E-state index is -0.550. The highest BCUT2D eigenvalue weighted by atomic mass is 32.1. The number of fused-ring (bicyclic) bond motifs is 1. The van der Waals surface area contributed by atoms with Crippen molar-refractivity contribution in [2.75, 3.05) is 45.8 Å². The van der Waals surface area contributed by atoms with Gasteiger partial charge in [-0.25, -0.2) is 4.79 Å². The average Bonchev–Trinajstić information content (AvgIpc) is 3.83. The standard InChI is InChI=1S/C37H53N5O2S/c1-6-29-10-9-16-42(29)35(43)37(4,5)32-23-31-30(33(39-34(31)45-32)28-21-25(2)20-26(3)22-28)13-19-40-17-11-27(12-18-40)24-38-36(44)41-14-7-8-15-41/h20-23,27,29,39H,6-19,24H2,1-5H3,(H,38,44). The molecule has 0 aliphatic carbocycles. The summed E-state index contributed by atoms with van der Waals surface area (Å²) in [5.74, 6) is 0.825. The number of aromatic nitrogens is 1. The van der Waals surface area contributed by atoms with Gasteiger partial charge in [-0.3, -0.25) is 4.79 Å². The van der Waals surface area contributed by atoms with Crippen LogP contribution in [0.15, 0.2) is 24.3 Å². The van der Waals surface area contributed by atoms with Crippen LogP contribution in [0.25, 0.3) is 21.5 Å². The second kappa shape index (κ2) is 13.5. The van der Waals surface area contributed by atoms with Crippen molar-refractivity contribution >= 4 is 33.5 Å². The maximum atomic E-state index is 13.9. The maximum Gasteiger partial charge on any atom is 0.317 e. The molecule has 2 aromatic heterocycles. The van der Waals surface area contributed by atoms with Gasteiger partial charge in [0.05, 0.1) is 11.1 Å². The smallest absolute Gasteiger partial charge is 0.317 e. The SMILES string of the molecule is CCC1CCCN1C(=O)C(C)(C)c1cc2c(CCN3CCC(CNC(=O)N4CCCC4)CC3)c(-c3cc(C)cc(C)c3)[nH]c2s1. The zero-order valence-electron chi connectivity index (χ0n) is 28.1. The van der Waals surface area contributed by atoms with Crippen molar-refractivity contribution in [2.24, 2.45) is 5.92 Å². The number of H-pyrrole nitrogens is 1. The van der Waals surface area contributed by atoms with E-state index in [-0.39, 0.29) is 11.9 Å². The summed E-state index contributed by atoms with van der Waals surface area (Å²) >= 11 is 1.76. The van der Waals surface area contributed by atoms with Crippen molar-refractivity contribution in [3.05, 3.63) is 45.8 Å². The lowest BCUT2D eigenvalue weighted by Gasteiger charge is -2.32. The number of nitrogens with zero attached hydrogens (tertiary/aromatic N) is 3. The van der Waals surface area contributed by atoms with Crippen molar-refractivity contribution in [2.45, 2.75) is 97.4 Å². The molecule has 0 saturated carbocycles. The van der Waals surface area contributed by atoms with Crippen LogP contribution in [0, 0.1) is 19.8 Å². The summed E-state index contributed by atoms with van der Waals surface area (Å²) in [6.45, 7) is 17.4. The predicted octanol–water partition coefficient (Wildman–Crippen LogP) is 7.25. The summed E-state index contributed by atoms with van der Waals surface area (Å²) in [7, 11) is 0. The van der Waals surface area contributed by atoms with Gasteiger partial charge in [0.2, 0.25) is 5.91 Å². The van der Waals surface area contributed by atoms with E-state index in [2.05, 4.69) is 79.0 Å². The molecule has 45 heavy (non-hydrogen) atoms. The first-order valence-corrected chi connectivity index (χ1v) is 18.3. The van der Waals surface area contributed by atoms with E-state index < -0.39 is 5.41 Å². The first kappa shape index (κ1) is 32.1. The van der Waals surface area contributed by atoms with Gasteiger partial charge < -0.3 is 25.0 Å². The van der Waals surface area contributed by atoms with Gasteiger partial charge in [0.25, 0.3) is 0 Å². The summed E-state index contributed by atoms with van der Waals surface area (Å²) in [5, 5.41) is 4.48. The van der Waals surface area contributed by atoms with Crippen LogP contribution in [0.1, 0.15) is 87.3 Å². The lowest BCUT2D eigenvalue weighted by molar-refractivity contribution is -0.137. The van der Waals surface area contributed by atoms with E-state index in [4.69, 9.17) is 0 Å². The Morgan fingerprint density at radius 1 is 0.956 bits per heavy atom. The number of nitrogens with one attached hydrogen (secondary N) is 2. The predicted molar refractivity (Wildman–Crippen MR) is 186 cm³/mol. The Hall–Kier alpha value is -2.84. The molecule has 8 heteroatoms. The molecular formula is C37H53N5O2S. The lowest BCUT2D eigenvalue weighted by Crippen LogP contribution is -2.45. The summed E-state index contributed by atoms with van der Waals surface area (Å²) in [5.41, 5.74) is 5.84. The number of hydrogen-bond acceptors (Lipinski definition) is 4. The third-order valence-electron chi connectivity index (χ3n) is 10.7. The number of rotatable bonds is 9. The number of carbonyl (C=O) groups excluding carboxylic acids is 2. The van der Waals surface area contributed by atoms with Gasteiger partial charge in [0, 0.05) is 49.0 Å². The molecule has 1 unspecified atom stereocenters. The van der Waals surface area contributed by atoms with Gasteiger partial charge in [-0.2, -0.15) is 0 Å². The summed E-state index contributed by atoms with van der Waals surface area (Å²) in [6.07, 6.45) is 8.74. The molecular weight excluding hydrogens is 579 g/mol. The van der Waals surface area contributed by atoms with Crippen LogP contribution in [0.3, 0.4) is 0 Å². The Bertz CT molecular complexity index is 1490. The molecule has 244 valence electrons. The Balaban J connectivity index is 1.18. The normalized spacial score (nSPS) is 20.1. The number of aryl methyl sites for hydroxylation is 2. The number of carbonyl (C=O) groups is 2. The second-order valence-electron chi connectivity index (χ2n) is 14.5. The molecule has 6 rings (SSSR count). The molecule has 3 fully saturated rings. The van der Waals surface area contributed by atoms with Crippen LogP contribution in [-0.2, 0) is 16.6 Å². The van der Waals surface area contributed by atoms with E-state index in [1.54, 1.807) is 11.3 Å². The van der Waals surface area contributed by atoms with Crippen LogP contribution < -0.4 is 5.32 Å².